The predicted molar refractivity (Wildman–Crippen MR) is 64.1 cm³/mol. The van der Waals surface area contributed by atoms with E-state index in [9.17, 15) is 4.79 Å². The molecule has 2 aromatic rings. The van der Waals surface area contributed by atoms with Gasteiger partial charge in [0.1, 0.15) is 5.75 Å². The van der Waals surface area contributed by atoms with Gasteiger partial charge < -0.3 is 4.74 Å². The Labute approximate surface area is 101 Å². The van der Waals surface area contributed by atoms with Crippen LogP contribution in [-0.2, 0) is 0 Å². The highest BCUT2D eigenvalue weighted by Crippen LogP contribution is 2.16. The van der Waals surface area contributed by atoms with Crippen molar-refractivity contribution in [2.45, 2.75) is 0 Å². The second kappa shape index (κ2) is 4.49. The molecule has 5 heteroatoms. The fraction of sp³-hybridized carbons (Fsp3) is 0.0909. The molecule has 0 N–H and O–H groups in total. The molecule has 1 heterocycles. The van der Waals surface area contributed by atoms with Crippen molar-refractivity contribution in [2.75, 3.05) is 7.11 Å². The third-order valence-corrected chi connectivity index (χ3v) is 2.50. The molecule has 0 atom stereocenters. The number of benzene rings is 1. The molecule has 0 radical (unpaired) electrons. The maximum Gasteiger partial charge on any atom is 0.352 e. The Morgan fingerprint density at radius 1 is 1.44 bits per heavy atom. The SMILES string of the molecule is COc1cccc(-n2cc(Br)cnc2=O)c1. The first kappa shape index (κ1) is 10.9. The predicted octanol–water partition coefficient (Wildman–Crippen LogP) is 2.00. The standard InChI is InChI=1S/C11H9BrN2O2/c1-16-10-4-2-3-9(5-10)14-7-8(12)6-13-11(14)15/h2-7H,1H3. The normalized spacial score (nSPS) is 10.1. The van der Waals surface area contributed by atoms with Gasteiger partial charge in [-0.1, -0.05) is 6.07 Å². The summed E-state index contributed by atoms with van der Waals surface area (Å²) in [5.41, 5.74) is 0.398. The lowest BCUT2D eigenvalue weighted by atomic mass is 10.3. The summed E-state index contributed by atoms with van der Waals surface area (Å²) in [4.78, 5) is 15.3. The Morgan fingerprint density at radius 2 is 2.25 bits per heavy atom. The van der Waals surface area contributed by atoms with E-state index in [1.54, 1.807) is 19.4 Å². The molecular weight excluding hydrogens is 272 g/mol. The number of hydrogen-bond donors (Lipinski definition) is 0. The van der Waals surface area contributed by atoms with Crippen molar-refractivity contribution in [1.29, 1.82) is 0 Å². The Morgan fingerprint density at radius 3 is 3.00 bits per heavy atom. The van der Waals surface area contributed by atoms with E-state index >= 15 is 0 Å². The largest absolute Gasteiger partial charge is 0.497 e. The van der Waals surface area contributed by atoms with Crippen LogP contribution >= 0.6 is 15.9 Å². The zero-order valence-electron chi connectivity index (χ0n) is 8.55. The van der Waals surface area contributed by atoms with E-state index in [2.05, 4.69) is 20.9 Å². The van der Waals surface area contributed by atoms with Gasteiger partial charge in [-0.25, -0.2) is 9.78 Å². The molecule has 0 aliphatic carbocycles. The smallest absolute Gasteiger partial charge is 0.352 e. The van der Waals surface area contributed by atoms with Gasteiger partial charge in [-0.05, 0) is 28.1 Å². The van der Waals surface area contributed by atoms with Crippen molar-refractivity contribution >= 4 is 15.9 Å². The second-order valence-electron chi connectivity index (χ2n) is 3.13. The van der Waals surface area contributed by atoms with Crippen LogP contribution in [-0.4, -0.2) is 16.7 Å². The second-order valence-corrected chi connectivity index (χ2v) is 4.04. The lowest BCUT2D eigenvalue weighted by molar-refractivity contribution is 0.414. The lowest BCUT2D eigenvalue weighted by Crippen LogP contribution is -2.20. The average molecular weight is 281 g/mol. The quantitative estimate of drug-likeness (QED) is 0.845. The minimum Gasteiger partial charge on any atom is -0.497 e. The van der Waals surface area contributed by atoms with Gasteiger partial charge in [0.05, 0.1) is 17.3 Å². The van der Waals surface area contributed by atoms with Gasteiger partial charge in [-0.15, -0.1) is 0 Å². The van der Waals surface area contributed by atoms with E-state index < -0.39 is 0 Å². The van der Waals surface area contributed by atoms with Crippen LogP contribution in [0.4, 0.5) is 0 Å². The summed E-state index contributed by atoms with van der Waals surface area (Å²) in [5.74, 6) is 0.698. The summed E-state index contributed by atoms with van der Waals surface area (Å²) in [5, 5.41) is 0. The molecule has 16 heavy (non-hydrogen) atoms. The summed E-state index contributed by atoms with van der Waals surface area (Å²) in [6.07, 6.45) is 3.14. The lowest BCUT2D eigenvalue weighted by Gasteiger charge is -2.06. The van der Waals surface area contributed by atoms with Gasteiger partial charge in [0, 0.05) is 18.5 Å². The fourth-order valence-electron chi connectivity index (χ4n) is 1.34. The number of hydrogen-bond acceptors (Lipinski definition) is 3. The minimum absolute atomic E-state index is 0.323. The number of methoxy groups -OCH3 is 1. The maximum atomic E-state index is 11.6. The zero-order valence-corrected chi connectivity index (χ0v) is 10.1. The van der Waals surface area contributed by atoms with Gasteiger partial charge in [0.15, 0.2) is 0 Å². The molecule has 2 rings (SSSR count). The van der Waals surface area contributed by atoms with Crippen molar-refractivity contribution in [3.63, 3.8) is 0 Å². The molecule has 1 aromatic carbocycles. The van der Waals surface area contributed by atoms with Crippen molar-refractivity contribution in [1.82, 2.24) is 9.55 Å². The highest BCUT2D eigenvalue weighted by molar-refractivity contribution is 9.10. The van der Waals surface area contributed by atoms with Gasteiger partial charge in [-0.3, -0.25) is 4.57 Å². The van der Waals surface area contributed by atoms with E-state index in [0.717, 1.165) is 10.2 Å². The van der Waals surface area contributed by atoms with Crippen LogP contribution in [0.25, 0.3) is 5.69 Å². The Kier molecular flexibility index (Phi) is 3.05. The summed E-state index contributed by atoms with van der Waals surface area (Å²) in [7, 11) is 1.58. The van der Waals surface area contributed by atoms with Crippen LogP contribution in [0.15, 0.2) is 45.9 Å². The van der Waals surface area contributed by atoms with Crippen molar-refractivity contribution < 1.29 is 4.74 Å². The Balaban J connectivity index is 2.58. The Hall–Kier alpha value is -1.62. The van der Waals surface area contributed by atoms with Gasteiger partial charge in [-0.2, -0.15) is 0 Å². The molecule has 0 saturated carbocycles. The molecular formula is C11H9BrN2O2. The van der Waals surface area contributed by atoms with Crippen LogP contribution < -0.4 is 10.4 Å². The van der Waals surface area contributed by atoms with E-state index in [4.69, 9.17) is 4.74 Å². The molecule has 0 bridgehead atoms. The van der Waals surface area contributed by atoms with Crippen LogP contribution in [0.5, 0.6) is 5.75 Å². The maximum absolute atomic E-state index is 11.6. The number of aromatic nitrogens is 2. The minimum atomic E-state index is -0.323. The van der Waals surface area contributed by atoms with Crippen molar-refractivity contribution in [3.8, 4) is 11.4 Å². The first-order chi connectivity index (χ1) is 7.70. The number of rotatable bonds is 2. The zero-order chi connectivity index (χ0) is 11.5. The van der Waals surface area contributed by atoms with E-state index in [0.29, 0.717) is 5.75 Å². The molecule has 0 aliphatic heterocycles. The summed E-state index contributed by atoms with van der Waals surface area (Å²) >= 11 is 3.28. The highest BCUT2D eigenvalue weighted by Gasteiger charge is 2.02. The first-order valence-corrected chi connectivity index (χ1v) is 5.38. The third-order valence-electron chi connectivity index (χ3n) is 2.09. The van der Waals surface area contributed by atoms with Crippen LogP contribution in [0.2, 0.25) is 0 Å². The first-order valence-electron chi connectivity index (χ1n) is 4.59. The molecule has 0 spiro atoms. The van der Waals surface area contributed by atoms with Gasteiger partial charge in [0.25, 0.3) is 0 Å². The summed E-state index contributed by atoms with van der Waals surface area (Å²) < 4.78 is 7.30. The number of ether oxygens (including phenoxy) is 1. The number of nitrogens with zero attached hydrogens (tertiary/aromatic N) is 2. The van der Waals surface area contributed by atoms with Crippen LogP contribution in [0, 0.1) is 0 Å². The molecule has 0 saturated heterocycles. The molecule has 0 fully saturated rings. The average Bonchev–Trinajstić information content (AvgIpc) is 2.32. The molecule has 4 nitrogen and oxygen atoms in total. The van der Waals surface area contributed by atoms with E-state index in [1.165, 1.54) is 10.8 Å². The van der Waals surface area contributed by atoms with E-state index in [-0.39, 0.29) is 5.69 Å². The molecule has 82 valence electrons. The van der Waals surface area contributed by atoms with Crippen molar-refractivity contribution in [3.05, 3.63) is 51.6 Å². The van der Waals surface area contributed by atoms with Crippen molar-refractivity contribution in [2.24, 2.45) is 0 Å². The molecule has 0 aliphatic rings. The summed E-state index contributed by atoms with van der Waals surface area (Å²) in [6.45, 7) is 0. The van der Waals surface area contributed by atoms with Crippen LogP contribution in [0.1, 0.15) is 0 Å². The molecule has 1 aromatic heterocycles. The monoisotopic (exact) mass is 280 g/mol. The fourth-order valence-corrected chi connectivity index (χ4v) is 1.64. The summed E-state index contributed by atoms with van der Waals surface area (Å²) in [6, 6.07) is 7.23. The van der Waals surface area contributed by atoms with Gasteiger partial charge >= 0.3 is 5.69 Å². The Bertz CT molecular complexity index is 566. The number of halogens is 1. The molecule has 0 unspecified atom stereocenters. The molecule has 0 amide bonds. The third kappa shape index (κ3) is 2.14. The topological polar surface area (TPSA) is 44.1 Å². The van der Waals surface area contributed by atoms with Crippen LogP contribution in [0.3, 0.4) is 0 Å². The van der Waals surface area contributed by atoms with E-state index in [1.807, 2.05) is 18.2 Å². The van der Waals surface area contributed by atoms with Gasteiger partial charge in [0.2, 0.25) is 0 Å². The highest BCUT2D eigenvalue weighted by atomic mass is 79.9.